The summed E-state index contributed by atoms with van der Waals surface area (Å²) in [5, 5.41) is 4.82. The Labute approximate surface area is 128 Å². The average molecular weight is 295 g/mol. The number of nitrogens with one attached hydrogen (secondary N) is 1. The molecule has 0 spiro atoms. The first-order chi connectivity index (χ1) is 10.2. The highest BCUT2D eigenvalue weighted by atomic mass is 32.1. The van der Waals surface area contributed by atoms with Crippen molar-refractivity contribution in [3.8, 4) is 5.75 Å². The zero-order chi connectivity index (χ0) is 14.4. The molecule has 1 aromatic heterocycles. The Morgan fingerprint density at radius 1 is 1.14 bits per heavy atom. The number of thiophene rings is 1. The van der Waals surface area contributed by atoms with Crippen LogP contribution in [-0.4, -0.2) is 6.54 Å². The first kappa shape index (κ1) is 12.7. The van der Waals surface area contributed by atoms with Crippen LogP contribution in [0, 0.1) is 13.8 Å². The van der Waals surface area contributed by atoms with E-state index in [1.54, 1.807) is 0 Å². The SMILES string of the molecule is Cc1cc(C)c2c(c1)NCC(c1cc3ccccc3s1)O2. The predicted octanol–water partition coefficient (Wildman–Crippen LogP) is 5.06. The lowest BCUT2D eigenvalue weighted by Crippen LogP contribution is -2.23. The smallest absolute Gasteiger partial charge is 0.150 e. The fraction of sp³-hybridized carbons (Fsp3) is 0.222. The number of aryl methyl sites for hydroxylation is 2. The fourth-order valence-corrected chi connectivity index (χ4v) is 4.04. The van der Waals surface area contributed by atoms with Gasteiger partial charge in [0.2, 0.25) is 0 Å². The van der Waals surface area contributed by atoms with Gasteiger partial charge in [-0.1, -0.05) is 24.3 Å². The van der Waals surface area contributed by atoms with Crippen molar-refractivity contribution in [1.29, 1.82) is 0 Å². The molecule has 0 radical (unpaired) electrons. The number of rotatable bonds is 1. The quantitative estimate of drug-likeness (QED) is 0.677. The first-order valence-corrected chi connectivity index (χ1v) is 8.02. The molecule has 3 aromatic rings. The second-order valence-corrected chi connectivity index (χ2v) is 6.75. The van der Waals surface area contributed by atoms with E-state index < -0.39 is 0 Å². The zero-order valence-electron chi connectivity index (χ0n) is 12.1. The molecule has 106 valence electrons. The lowest BCUT2D eigenvalue weighted by Gasteiger charge is -2.28. The molecular weight excluding hydrogens is 278 g/mol. The molecule has 2 aromatic carbocycles. The van der Waals surface area contributed by atoms with Crippen molar-refractivity contribution in [2.24, 2.45) is 0 Å². The van der Waals surface area contributed by atoms with Gasteiger partial charge in [0.15, 0.2) is 6.10 Å². The molecule has 0 bridgehead atoms. The summed E-state index contributed by atoms with van der Waals surface area (Å²) in [7, 11) is 0. The van der Waals surface area contributed by atoms with E-state index >= 15 is 0 Å². The Hall–Kier alpha value is -2.00. The maximum Gasteiger partial charge on any atom is 0.150 e. The second-order valence-electron chi connectivity index (χ2n) is 5.63. The molecule has 0 aliphatic carbocycles. The van der Waals surface area contributed by atoms with Crippen LogP contribution in [0.3, 0.4) is 0 Å². The highest BCUT2D eigenvalue weighted by Gasteiger charge is 2.24. The molecule has 1 aliphatic heterocycles. The van der Waals surface area contributed by atoms with Crippen LogP contribution < -0.4 is 10.1 Å². The van der Waals surface area contributed by atoms with Gasteiger partial charge in [0.25, 0.3) is 0 Å². The lowest BCUT2D eigenvalue weighted by atomic mass is 10.1. The largest absolute Gasteiger partial charge is 0.481 e. The summed E-state index contributed by atoms with van der Waals surface area (Å²) in [6, 6.07) is 15.1. The van der Waals surface area contributed by atoms with Gasteiger partial charge in [-0.2, -0.15) is 0 Å². The van der Waals surface area contributed by atoms with Gasteiger partial charge in [0, 0.05) is 9.58 Å². The normalized spacial score (nSPS) is 17.1. The molecule has 0 saturated carbocycles. The number of ether oxygens (including phenoxy) is 1. The summed E-state index contributed by atoms with van der Waals surface area (Å²) < 4.78 is 7.60. The molecule has 1 atom stereocenters. The third kappa shape index (κ3) is 2.18. The minimum absolute atomic E-state index is 0.0938. The lowest BCUT2D eigenvalue weighted by molar-refractivity contribution is 0.213. The van der Waals surface area contributed by atoms with Gasteiger partial charge in [-0.15, -0.1) is 11.3 Å². The van der Waals surface area contributed by atoms with Crippen LogP contribution >= 0.6 is 11.3 Å². The summed E-state index contributed by atoms with van der Waals surface area (Å²) in [6.45, 7) is 5.05. The van der Waals surface area contributed by atoms with Crippen LogP contribution in [0.2, 0.25) is 0 Å². The van der Waals surface area contributed by atoms with Crippen LogP contribution in [-0.2, 0) is 0 Å². The summed E-state index contributed by atoms with van der Waals surface area (Å²) in [5.41, 5.74) is 3.58. The number of benzene rings is 2. The maximum atomic E-state index is 6.28. The van der Waals surface area contributed by atoms with Crippen LogP contribution in [0.5, 0.6) is 5.75 Å². The van der Waals surface area contributed by atoms with Crippen molar-refractivity contribution in [2.75, 3.05) is 11.9 Å². The molecule has 1 unspecified atom stereocenters. The van der Waals surface area contributed by atoms with Crippen molar-refractivity contribution in [3.63, 3.8) is 0 Å². The summed E-state index contributed by atoms with van der Waals surface area (Å²) in [4.78, 5) is 1.29. The van der Waals surface area contributed by atoms with Gasteiger partial charge in [0.05, 0.1) is 12.2 Å². The third-order valence-corrected chi connectivity index (χ3v) is 5.13. The standard InChI is InChI=1S/C18H17NOS/c1-11-7-12(2)18-14(8-11)19-10-15(20-18)17-9-13-5-3-4-6-16(13)21-17/h3-9,15,19H,10H2,1-2H3. The number of hydrogen-bond acceptors (Lipinski definition) is 3. The van der Waals surface area contributed by atoms with Crippen molar-refractivity contribution < 1.29 is 4.74 Å². The van der Waals surface area contributed by atoms with E-state index in [-0.39, 0.29) is 6.10 Å². The van der Waals surface area contributed by atoms with Crippen LogP contribution in [0.1, 0.15) is 22.1 Å². The predicted molar refractivity (Wildman–Crippen MR) is 89.6 cm³/mol. The van der Waals surface area contributed by atoms with E-state index in [0.29, 0.717) is 0 Å². The highest BCUT2D eigenvalue weighted by Crippen LogP contribution is 2.40. The van der Waals surface area contributed by atoms with Crippen LogP contribution in [0.4, 0.5) is 5.69 Å². The molecule has 0 saturated heterocycles. The Kier molecular flexibility index (Phi) is 2.89. The van der Waals surface area contributed by atoms with Crippen molar-refractivity contribution in [1.82, 2.24) is 0 Å². The molecule has 21 heavy (non-hydrogen) atoms. The minimum Gasteiger partial charge on any atom is -0.481 e. The number of anilines is 1. The maximum absolute atomic E-state index is 6.28. The first-order valence-electron chi connectivity index (χ1n) is 7.21. The Bertz CT molecular complexity index is 788. The van der Waals surface area contributed by atoms with Crippen molar-refractivity contribution in [3.05, 3.63) is 58.5 Å². The fourth-order valence-electron chi connectivity index (χ4n) is 2.95. The highest BCUT2D eigenvalue weighted by molar-refractivity contribution is 7.19. The van der Waals surface area contributed by atoms with Crippen LogP contribution in [0.25, 0.3) is 10.1 Å². The van der Waals surface area contributed by atoms with Crippen molar-refractivity contribution in [2.45, 2.75) is 20.0 Å². The van der Waals surface area contributed by atoms with Gasteiger partial charge < -0.3 is 10.1 Å². The molecule has 2 heterocycles. The van der Waals surface area contributed by atoms with Gasteiger partial charge in [-0.25, -0.2) is 0 Å². The van der Waals surface area contributed by atoms with Gasteiger partial charge in [0.1, 0.15) is 5.75 Å². The van der Waals surface area contributed by atoms with Gasteiger partial charge in [-0.05, 0) is 48.6 Å². The molecule has 2 nitrogen and oxygen atoms in total. The van der Waals surface area contributed by atoms with E-state index in [2.05, 4.69) is 61.6 Å². The molecule has 1 N–H and O–H groups in total. The van der Waals surface area contributed by atoms with Crippen LogP contribution in [0.15, 0.2) is 42.5 Å². The molecule has 3 heteroatoms. The number of fused-ring (bicyclic) bond motifs is 2. The summed E-state index contributed by atoms with van der Waals surface area (Å²) in [6.07, 6.45) is 0.0938. The second kappa shape index (κ2) is 4.78. The average Bonchev–Trinajstić information content (AvgIpc) is 2.90. The third-order valence-electron chi connectivity index (χ3n) is 3.92. The van der Waals surface area contributed by atoms with Gasteiger partial charge >= 0.3 is 0 Å². The summed E-state index contributed by atoms with van der Waals surface area (Å²) >= 11 is 1.82. The summed E-state index contributed by atoms with van der Waals surface area (Å²) in [5.74, 6) is 0.995. The monoisotopic (exact) mass is 295 g/mol. The number of hydrogen-bond donors (Lipinski definition) is 1. The van der Waals surface area contributed by atoms with Crippen molar-refractivity contribution >= 4 is 27.1 Å². The Morgan fingerprint density at radius 3 is 2.86 bits per heavy atom. The molecule has 0 amide bonds. The van der Waals surface area contributed by atoms with E-state index in [9.17, 15) is 0 Å². The van der Waals surface area contributed by atoms with E-state index in [0.717, 1.165) is 18.0 Å². The molecule has 0 fully saturated rings. The van der Waals surface area contributed by atoms with E-state index in [4.69, 9.17) is 4.74 Å². The van der Waals surface area contributed by atoms with Gasteiger partial charge in [-0.3, -0.25) is 0 Å². The Morgan fingerprint density at radius 2 is 2.00 bits per heavy atom. The molecule has 1 aliphatic rings. The van der Waals surface area contributed by atoms with E-state index in [1.165, 1.54) is 26.1 Å². The Balaban J connectivity index is 1.71. The minimum atomic E-state index is 0.0938. The zero-order valence-corrected chi connectivity index (χ0v) is 13.0. The molecule has 4 rings (SSSR count). The van der Waals surface area contributed by atoms with E-state index in [1.807, 2.05) is 11.3 Å². The topological polar surface area (TPSA) is 21.3 Å². The molecular formula is C18H17NOS.